The Morgan fingerprint density at radius 3 is 2.44 bits per heavy atom. The van der Waals surface area contributed by atoms with E-state index >= 15 is 0 Å². The first kappa shape index (κ1) is 21.7. The van der Waals surface area contributed by atoms with Crippen LogP contribution in [0, 0.1) is 11.8 Å². The average molecular weight is 464 g/mol. The highest BCUT2D eigenvalue weighted by Crippen LogP contribution is 2.52. The van der Waals surface area contributed by atoms with Crippen LogP contribution in [0.5, 0.6) is 5.75 Å². The van der Waals surface area contributed by atoms with E-state index in [2.05, 4.69) is 9.97 Å². The number of aromatic hydroxyl groups is 1. The quantitative estimate of drug-likeness (QED) is 0.323. The third-order valence-electron chi connectivity index (χ3n) is 6.94. The minimum absolute atomic E-state index is 0.0265. The summed E-state index contributed by atoms with van der Waals surface area (Å²) in [6, 6.07) is 3.06. The molecule has 8 N–H and O–H groups in total. The molecule has 34 heavy (non-hydrogen) atoms. The van der Waals surface area contributed by atoms with Crippen LogP contribution < -0.4 is 11.5 Å². The molecule has 5 rings (SSSR count). The summed E-state index contributed by atoms with van der Waals surface area (Å²) in [4.78, 5) is 46.4. The number of primary amides is 1. The predicted octanol–water partition coefficient (Wildman–Crippen LogP) is -0.182. The molecule has 3 aliphatic rings. The lowest BCUT2D eigenvalue weighted by atomic mass is 9.57. The normalized spacial score (nSPS) is 28.4. The fourth-order valence-electron chi connectivity index (χ4n) is 5.37. The monoisotopic (exact) mass is 464 g/mol. The van der Waals surface area contributed by atoms with E-state index in [1.807, 2.05) is 0 Å². The molecule has 2 aromatic rings. The van der Waals surface area contributed by atoms with Crippen LogP contribution >= 0.6 is 0 Å². The lowest BCUT2D eigenvalue weighted by molar-refractivity contribution is -0.149. The van der Waals surface area contributed by atoms with Crippen molar-refractivity contribution in [2.45, 2.75) is 24.5 Å². The number of rotatable bonds is 2. The molecule has 3 aliphatic carbocycles. The zero-order valence-corrected chi connectivity index (χ0v) is 17.6. The topological polar surface area (TPSA) is 210 Å². The Labute approximate surface area is 192 Å². The number of hydrogen-bond acceptors (Lipinski definition) is 10. The van der Waals surface area contributed by atoms with Crippen LogP contribution in [0.15, 0.2) is 47.5 Å². The molecule has 1 unspecified atom stereocenters. The highest BCUT2D eigenvalue weighted by molar-refractivity contribution is 6.24. The fraction of sp³-hybridized carbons (Fsp3) is 0.261. The second-order valence-corrected chi connectivity index (χ2v) is 8.64. The standard InChI is InChI=1S/C23H20N4O7/c24-16-11-7-8-6-10-9(22-26-4-1-5-27-22)2-3-12(28)14(10)17(29)13(8)19(31)23(11,34)20(32)15(18(16)30)21(25)33/h1-5,8,11,16,28-29,32,34H,6-7,24H2,(H2,25,33)/t8-,11?,16+,23-/m0/s1. The first-order chi connectivity index (χ1) is 16.1. The maximum Gasteiger partial charge on any atom is 0.255 e. The summed E-state index contributed by atoms with van der Waals surface area (Å²) in [5, 5.41) is 43.6. The molecule has 1 aromatic carbocycles. The Hall–Kier alpha value is -4.09. The lowest BCUT2D eigenvalue weighted by Crippen LogP contribution is -2.65. The van der Waals surface area contributed by atoms with Gasteiger partial charge in [-0.1, -0.05) is 0 Å². The van der Waals surface area contributed by atoms with Gasteiger partial charge in [-0.3, -0.25) is 14.4 Å². The van der Waals surface area contributed by atoms with E-state index in [0.717, 1.165) is 0 Å². The molecule has 11 nitrogen and oxygen atoms in total. The zero-order valence-electron chi connectivity index (χ0n) is 17.6. The van der Waals surface area contributed by atoms with Gasteiger partial charge in [0, 0.05) is 29.4 Å². The fourth-order valence-corrected chi connectivity index (χ4v) is 5.37. The van der Waals surface area contributed by atoms with Crippen molar-refractivity contribution in [1.29, 1.82) is 0 Å². The van der Waals surface area contributed by atoms with Crippen molar-refractivity contribution < 1.29 is 34.8 Å². The van der Waals surface area contributed by atoms with E-state index < -0.39 is 58.0 Å². The first-order valence-corrected chi connectivity index (χ1v) is 10.4. The molecule has 0 spiro atoms. The van der Waals surface area contributed by atoms with Gasteiger partial charge in [0.15, 0.2) is 17.2 Å². The highest BCUT2D eigenvalue weighted by atomic mass is 16.3. The van der Waals surface area contributed by atoms with Crippen molar-refractivity contribution in [1.82, 2.24) is 9.97 Å². The van der Waals surface area contributed by atoms with Crippen molar-refractivity contribution in [3.05, 3.63) is 58.6 Å². The van der Waals surface area contributed by atoms with Crippen molar-refractivity contribution in [3.8, 4) is 17.1 Å². The smallest absolute Gasteiger partial charge is 0.255 e. The van der Waals surface area contributed by atoms with Crippen LogP contribution in [0.1, 0.15) is 17.5 Å². The van der Waals surface area contributed by atoms with Gasteiger partial charge in [0.2, 0.25) is 5.78 Å². The van der Waals surface area contributed by atoms with Gasteiger partial charge in [-0.25, -0.2) is 9.97 Å². The van der Waals surface area contributed by atoms with Crippen molar-refractivity contribution in [3.63, 3.8) is 0 Å². The summed E-state index contributed by atoms with van der Waals surface area (Å²) in [6.45, 7) is 0. The molecule has 1 fully saturated rings. The van der Waals surface area contributed by atoms with Crippen molar-refractivity contribution in [2.75, 3.05) is 0 Å². The Balaban J connectivity index is 1.74. The number of nitrogens with two attached hydrogens (primary N) is 2. The third-order valence-corrected chi connectivity index (χ3v) is 6.94. The first-order valence-electron chi connectivity index (χ1n) is 10.4. The maximum atomic E-state index is 13.5. The number of aliphatic hydroxyl groups excluding tert-OH is 2. The molecular weight excluding hydrogens is 444 g/mol. The molecule has 0 aliphatic heterocycles. The molecule has 4 atom stereocenters. The minimum Gasteiger partial charge on any atom is -0.508 e. The Kier molecular flexibility index (Phi) is 4.61. The van der Waals surface area contributed by atoms with Crippen LogP contribution in [0.4, 0.5) is 0 Å². The van der Waals surface area contributed by atoms with Gasteiger partial charge in [0.1, 0.15) is 22.8 Å². The number of aromatic nitrogens is 2. The molecule has 1 aromatic heterocycles. The second kappa shape index (κ2) is 7.20. The van der Waals surface area contributed by atoms with Crippen LogP contribution in [0.2, 0.25) is 0 Å². The van der Waals surface area contributed by atoms with Crippen LogP contribution in [-0.4, -0.2) is 59.5 Å². The van der Waals surface area contributed by atoms with E-state index in [1.165, 1.54) is 18.5 Å². The Bertz CT molecular complexity index is 1350. The summed E-state index contributed by atoms with van der Waals surface area (Å²) in [5.41, 5.74) is 8.25. The van der Waals surface area contributed by atoms with Crippen molar-refractivity contribution in [2.24, 2.45) is 23.3 Å². The van der Waals surface area contributed by atoms with Crippen LogP contribution in [0.3, 0.4) is 0 Å². The maximum absolute atomic E-state index is 13.5. The third kappa shape index (κ3) is 2.68. The van der Waals surface area contributed by atoms with Gasteiger partial charge in [0.05, 0.1) is 11.6 Å². The van der Waals surface area contributed by atoms with E-state index in [0.29, 0.717) is 17.0 Å². The molecule has 0 bridgehead atoms. The van der Waals surface area contributed by atoms with Gasteiger partial charge in [-0.15, -0.1) is 0 Å². The van der Waals surface area contributed by atoms with Gasteiger partial charge < -0.3 is 31.9 Å². The summed E-state index contributed by atoms with van der Waals surface area (Å²) < 4.78 is 0. The van der Waals surface area contributed by atoms with E-state index in [9.17, 15) is 34.8 Å². The Morgan fingerprint density at radius 2 is 1.79 bits per heavy atom. The number of amides is 1. The number of hydrogen-bond donors (Lipinski definition) is 6. The largest absolute Gasteiger partial charge is 0.508 e. The van der Waals surface area contributed by atoms with Crippen LogP contribution in [0.25, 0.3) is 17.1 Å². The van der Waals surface area contributed by atoms with E-state index in [1.54, 1.807) is 12.1 Å². The summed E-state index contributed by atoms with van der Waals surface area (Å²) >= 11 is 0. The number of fused-ring (bicyclic) bond motifs is 3. The molecule has 11 heteroatoms. The van der Waals surface area contributed by atoms with Crippen molar-refractivity contribution >= 4 is 23.2 Å². The molecule has 1 saturated carbocycles. The number of ketones is 2. The van der Waals surface area contributed by atoms with Gasteiger partial charge in [-0.2, -0.15) is 0 Å². The summed E-state index contributed by atoms with van der Waals surface area (Å²) in [6.07, 6.45) is 3.12. The SMILES string of the molecule is NC(=O)C1=C(O)[C@@]2(O)C(=O)C3=C(O)c4c(O)ccc(-c5ncccn5)c4C[C@H]3CC2[C@@H](N)C1=O. The molecule has 0 radical (unpaired) electrons. The molecular formula is C23H20N4O7. The molecule has 1 amide bonds. The number of carbonyl (C=O) groups excluding carboxylic acids is 3. The second-order valence-electron chi connectivity index (χ2n) is 8.64. The average Bonchev–Trinajstić information content (AvgIpc) is 2.80. The molecule has 0 saturated heterocycles. The summed E-state index contributed by atoms with van der Waals surface area (Å²) in [7, 11) is 0. The van der Waals surface area contributed by atoms with Gasteiger partial charge in [0.25, 0.3) is 5.91 Å². The van der Waals surface area contributed by atoms with E-state index in [4.69, 9.17) is 11.5 Å². The minimum atomic E-state index is -2.73. The van der Waals surface area contributed by atoms with Crippen LogP contribution in [-0.2, 0) is 20.8 Å². The van der Waals surface area contributed by atoms with Gasteiger partial charge >= 0.3 is 0 Å². The number of phenolic OH excluding ortho intramolecular Hbond substituents is 1. The Morgan fingerprint density at radius 1 is 1.12 bits per heavy atom. The van der Waals surface area contributed by atoms with E-state index in [-0.39, 0.29) is 29.7 Å². The number of aliphatic hydroxyl groups is 3. The van der Waals surface area contributed by atoms with Gasteiger partial charge in [-0.05, 0) is 42.5 Å². The highest BCUT2D eigenvalue weighted by Gasteiger charge is 2.63. The zero-order chi connectivity index (χ0) is 24.5. The number of Topliss-reactive ketones (excluding diaryl/α,β-unsaturated/α-hetero) is 2. The molecule has 1 heterocycles. The number of benzene rings is 1. The predicted molar refractivity (Wildman–Crippen MR) is 116 cm³/mol. The number of carbonyl (C=O) groups is 3. The summed E-state index contributed by atoms with van der Waals surface area (Å²) in [5.74, 6) is -7.15. The number of nitrogens with zero attached hydrogens (tertiary/aromatic N) is 2. The number of phenols is 1. The lowest BCUT2D eigenvalue weighted by Gasteiger charge is -2.48. The molecule has 174 valence electrons.